The first-order valence-electron chi connectivity index (χ1n) is 9.84. The average molecular weight is 492 g/mol. The number of benzene rings is 1. The summed E-state index contributed by atoms with van der Waals surface area (Å²) >= 11 is 4.73. The quantitative estimate of drug-likeness (QED) is 0.592. The fourth-order valence-corrected chi connectivity index (χ4v) is 5.25. The fraction of sp³-hybridized carbons (Fsp3) is 0.400. The number of nitrogens with zero attached hydrogens (tertiary/aromatic N) is 4. The van der Waals surface area contributed by atoms with Gasteiger partial charge < -0.3 is 10.2 Å². The normalized spacial score (nSPS) is 13.9. The highest BCUT2D eigenvalue weighted by Crippen LogP contribution is 2.28. The van der Waals surface area contributed by atoms with Crippen LogP contribution < -0.4 is 21.5 Å². The number of nitrogens with one attached hydrogen (secondary N) is 1. The lowest BCUT2D eigenvalue weighted by Crippen LogP contribution is -2.41. The van der Waals surface area contributed by atoms with Gasteiger partial charge in [-0.1, -0.05) is 17.4 Å². The first kappa shape index (κ1) is 20.8. The van der Waals surface area contributed by atoms with Gasteiger partial charge in [-0.3, -0.25) is 18.7 Å². The molecule has 0 atom stereocenters. The maximum atomic E-state index is 13.0. The summed E-state index contributed by atoms with van der Waals surface area (Å²) in [6.45, 7) is 5.47. The fourth-order valence-electron chi connectivity index (χ4n) is 3.59. The zero-order valence-corrected chi connectivity index (χ0v) is 19.2. The molecular formula is C20H22BrN5O3S. The van der Waals surface area contributed by atoms with Gasteiger partial charge >= 0.3 is 5.69 Å². The van der Waals surface area contributed by atoms with Crippen LogP contribution in [0.3, 0.4) is 0 Å². The summed E-state index contributed by atoms with van der Waals surface area (Å²) in [5.74, 6) is -0.361. The molecule has 8 nitrogen and oxygen atoms in total. The number of fused-ring (bicyclic) bond motifs is 1. The molecule has 10 heteroatoms. The Kier molecular flexibility index (Phi) is 5.79. The molecule has 1 saturated heterocycles. The predicted molar refractivity (Wildman–Crippen MR) is 123 cm³/mol. The van der Waals surface area contributed by atoms with Crippen molar-refractivity contribution in [1.29, 1.82) is 0 Å². The van der Waals surface area contributed by atoms with Crippen molar-refractivity contribution in [3.63, 3.8) is 0 Å². The Morgan fingerprint density at radius 1 is 1.23 bits per heavy atom. The topological polar surface area (TPSA) is 89.2 Å². The Balaban J connectivity index is 1.74. The van der Waals surface area contributed by atoms with Gasteiger partial charge in [-0.05, 0) is 60.3 Å². The minimum atomic E-state index is -0.522. The molecule has 0 saturated carbocycles. The number of aryl methyl sites for hydroxylation is 1. The van der Waals surface area contributed by atoms with Crippen molar-refractivity contribution in [2.45, 2.75) is 39.8 Å². The van der Waals surface area contributed by atoms with E-state index in [1.54, 1.807) is 13.0 Å². The van der Waals surface area contributed by atoms with Crippen molar-refractivity contribution in [3.8, 4) is 0 Å². The second-order valence-electron chi connectivity index (χ2n) is 7.29. The standard InChI is InChI=1S/C20H22BrN5O3S/c1-3-25-18(28)16-17(23-19(30-16)24-8-4-5-9-24)26(20(25)29)11-15(27)22-14-7-6-12(2)10-13(14)21/h6-7,10H,3-5,8-9,11H2,1-2H3,(H,22,27). The molecule has 30 heavy (non-hydrogen) atoms. The van der Waals surface area contributed by atoms with E-state index in [2.05, 4.69) is 31.1 Å². The molecule has 1 aromatic carbocycles. The zero-order valence-electron chi connectivity index (χ0n) is 16.8. The Hall–Kier alpha value is -2.46. The van der Waals surface area contributed by atoms with Gasteiger partial charge in [0.25, 0.3) is 5.56 Å². The number of amides is 1. The van der Waals surface area contributed by atoms with E-state index in [0.717, 1.165) is 45.7 Å². The highest BCUT2D eigenvalue weighted by Gasteiger charge is 2.22. The van der Waals surface area contributed by atoms with Gasteiger partial charge in [0.15, 0.2) is 10.8 Å². The van der Waals surface area contributed by atoms with Crippen LogP contribution in [0.15, 0.2) is 32.3 Å². The average Bonchev–Trinajstić information content (AvgIpc) is 3.37. The number of carbonyl (C=O) groups excluding carboxylic acids is 1. The first-order chi connectivity index (χ1) is 14.4. The molecule has 4 rings (SSSR count). The molecule has 0 unspecified atom stereocenters. The molecule has 0 aliphatic carbocycles. The largest absolute Gasteiger partial charge is 0.348 e. The molecule has 3 aromatic rings. The molecule has 0 bridgehead atoms. The van der Waals surface area contributed by atoms with Gasteiger partial charge in [-0.2, -0.15) is 0 Å². The Morgan fingerprint density at radius 2 is 1.97 bits per heavy atom. The van der Waals surface area contributed by atoms with Gasteiger partial charge in [-0.15, -0.1) is 0 Å². The van der Waals surface area contributed by atoms with Crippen molar-refractivity contribution < 1.29 is 4.79 Å². The van der Waals surface area contributed by atoms with Crippen molar-refractivity contribution in [3.05, 3.63) is 49.1 Å². The molecule has 1 amide bonds. The van der Waals surface area contributed by atoms with E-state index in [1.165, 1.54) is 15.9 Å². The molecular weight excluding hydrogens is 470 g/mol. The lowest BCUT2D eigenvalue weighted by Gasteiger charge is -2.12. The van der Waals surface area contributed by atoms with Crippen LogP contribution in [-0.4, -0.2) is 33.1 Å². The second-order valence-corrected chi connectivity index (χ2v) is 9.12. The van der Waals surface area contributed by atoms with Crippen LogP contribution in [0.1, 0.15) is 25.3 Å². The zero-order chi connectivity index (χ0) is 21.4. The van der Waals surface area contributed by atoms with Gasteiger partial charge in [0.2, 0.25) is 5.91 Å². The predicted octanol–water partition coefficient (Wildman–Crippen LogP) is 2.95. The second kappa shape index (κ2) is 8.35. The smallest absolute Gasteiger partial charge is 0.333 e. The van der Waals surface area contributed by atoms with E-state index in [4.69, 9.17) is 0 Å². The summed E-state index contributed by atoms with van der Waals surface area (Å²) in [6, 6.07) is 5.60. The van der Waals surface area contributed by atoms with E-state index in [-0.39, 0.29) is 30.2 Å². The summed E-state index contributed by atoms with van der Waals surface area (Å²) in [7, 11) is 0. The van der Waals surface area contributed by atoms with Crippen LogP contribution in [0, 0.1) is 6.92 Å². The van der Waals surface area contributed by atoms with E-state index >= 15 is 0 Å². The number of thiazole rings is 1. The van der Waals surface area contributed by atoms with Crippen LogP contribution in [0.25, 0.3) is 10.3 Å². The van der Waals surface area contributed by atoms with E-state index < -0.39 is 5.69 Å². The molecule has 2 aromatic heterocycles. The third kappa shape index (κ3) is 3.81. The number of carbonyl (C=O) groups is 1. The molecule has 1 aliphatic rings. The molecule has 1 aliphatic heterocycles. The molecule has 1 N–H and O–H groups in total. The Labute approximate surface area is 185 Å². The van der Waals surface area contributed by atoms with Crippen molar-refractivity contribution in [1.82, 2.24) is 14.1 Å². The number of hydrogen-bond acceptors (Lipinski definition) is 6. The van der Waals surface area contributed by atoms with E-state index in [9.17, 15) is 14.4 Å². The molecule has 0 spiro atoms. The van der Waals surface area contributed by atoms with Gasteiger partial charge in [0.1, 0.15) is 11.2 Å². The summed E-state index contributed by atoms with van der Waals surface area (Å²) in [5, 5.41) is 3.55. The lowest BCUT2D eigenvalue weighted by atomic mass is 10.2. The van der Waals surface area contributed by atoms with Gasteiger partial charge in [0, 0.05) is 24.1 Å². The van der Waals surface area contributed by atoms with Crippen molar-refractivity contribution >= 4 is 54.3 Å². The summed E-state index contributed by atoms with van der Waals surface area (Å²) in [5.41, 5.74) is 1.09. The minimum Gasteiger partial charge on any atom is -0.348 e. The Morgan fingerprint density at radius 3 is 2.63 bits per heavy atom. The first-order valence-corrected chi connectivity index (χ1v) is 11.4. The summed E-state index contributed by atoms with van der Waals surface area (Å²) in [6.07, 6.45) is 2.16. The molecule has 1 fully saturated rings. The monoisotopic (exact) mass is 491 g/mol. The Bertz CT molecular complexity index is 1240. The lowest BCUT2D eigenvalue weighted by molar-refractivity contribution is -0.116. The van der Waals surface area contributed by atoms with Crippen molar-refractivity contribution in [2.75, 3.05) is 23.3 Å². The minimum absolute atomic E-state index is 0.223. The third-order valence-corrected chi connectivity index (χ3v) is 6.90. The van der Waals surface area contributed by atoms with Crippen LogP contribution in [-0.2, 0) is 17.9 Å². The summed E-state index contributed by atoms with van der Waals surface area (Å²) in [4.78, 5) is 45.2. The number of hydrogen-bond donors (Lipinski definition) is 1. The van der Waals surface area contributed by atoms with Crippen LogP contribution in [0.4, 0.5) is 10.8 Å². The SMILES string of the molecule is CCn1c(=O)c2sc(N3CCCC3)nc2n(CC(=O)Nc2ccc(C)cc2Br)c1=O. The number of aromatic nitrogens is 3. The highest BCUT2D eigenvalue weighted by molar-refractivity contribution is 9.10. The molecule has 158 valence electrons. The van der Waals surface area contributed by atoms with Crippen LogP contribution in [0.5, 0.6) is 0 Å². The number of anilines is 2. The van der Waals surface area contributed by atoms with Crippen molar-refractivity contribution in [2.24, 2.45) is 0 Å². The van der Waals surface area contributed by atoms with Crippen LogP contribution in [0.2, 0.25) is 0 Å². The summed E-state index contributed by atoms with van der Waals surface area (Å²) < 4.78 is 3.62. The van der Waals surface area contributed by atoms with Crippen LogP contribution >= 0.6 is 27.3 Å². The highest BCUT2D eigenvalue weighted by atomic mass is 79.9. The van der Waals surface area contributed by atoms with Gasteiger partial charge in [0.05, 0.1) is 5.69 Å². The molecule has 0 radical (unpaired) electrons. The number of halogens is 1. The van der Waals surface area contributed by atoms with E-state index in [0.29, 0.717) is 10.4 Å². The van der Waals surface area contributed by atoms with Gasteiger partial charge in [-0.25, -0.2) is 9.78 Å². The number of rotatable bonds is 5. The maximum absolute atomic E-state index is 13.0. The molecule has 3 heterocycles. The maximum Gasteiger partial charge on any atom is 0.333 e. The van der Waals surface area contributed by atoms with E-state index in [1.807, 2.05) is 19.1 Å². The third-order valence-electron chi connectivity index (χ3n) is 5.15.